The van der Waals surface area contributed by atoms with E-state index in [9.17, 15) is 9.18 Å². The van der Waals surface area contributed by atoms with Crippen molar-refractivity contribution in [2.24, 2.45) is 5.92 Å². The minimum absolute atomic E-state index is 0.0120. The highest BCUT2D eigenvalue weighted by Gasteiger charge is 2.47. The third-order valence-corrected chi connectivity index (χ3v) is 8.11. The number of aryl methyl sites for hydroxylation is 2. The maximum atomic E-state index is 14.0. The van der Waals surface area contributed by atoms with Crippen molar-refractivity contribution in [3.05, 3.63) is 65.2 Å². The smallest absolute Gasteiger partial charge is 0.332 e. The van der Waals surface area contributed by atoms with Crippen LogP contribution in [0.15, 0.2) is 42.5 Å². The fourth-order valence-corrected chi connectivity index (χ4v) is 6.51. The van der Waals surface area contributed by atoms with Crippen LogP contribution in [0.4, 0.5) is 4.39 Å². The molecule has 6 nitrogen and oxygen atoms in total. The molecule has 1 aliphatic rings. The minimum Gasteiger partial charge on any atom is -0.457 e. The maximum absolute atomic E-state index is 14.0. The van der Waals surface area contributed by atoms with E-state index in [1.54, 1.807) is 6.07 Å². The third kappa shape index (κ3) is 6.52. The van der Waals surface area contributed by atoms with Crippen LogP contribution in [0.5, 0.6) is 0 Å². The first kappa shape index (κ1) is 29.2. The van der Waals surface area contributed by atoms with E-state index >= 15 is 0 Å². The van der Waals surface area contributed by atoms with Gasteiger partial charge in [0.05, 0.1) is 11.0 Å². The molecule has 0 amide bonds. The van der Waals surface area contributed by atoms with Crippen LogP contribution in [0.3, 0.4) is 0 Å². The first-order chi connectivity index (χ1) is 18.6. The summed E-state index contributed by atoms with van der Waals surface area (Å²) in [6.07, 6.45) is 3.96. The van der Waals surface area contributed by atoms with E-state index in [-0.39, 0.29) is 30.2 Å². The van der Waals surface area contributed by atoms with Gasteiger partial charge in [0.15, 0.2) is 0 Å². The van der Waals surface area contributed by atoms with Crippen LogP contribution < -0.4 is 0 Å². The summed E-state index contributed by atoms with van der Waals surface area (Å²) in [5.41, 5.74) is 3.69. The van der Waals surface area contributed by atoms with Crippen LogP contribution in [-0.2, 0) is 27.1 Å². The lowest BCUT2D eigenvalue weighted by Gasteiger charge is -2.47. The second-order valence-corrected chi connectivity index (χ2v) is 11.7. The molecule has 0 saturated heterocycles. The number of imidazole rings is 1. The molecule has 4 rings (SSSR count). The van der Waals surface area contributed by atoms with Crippen molar-refractivity contribution >= 4 is 17.0 Å². The molecule has 0 saturated carbocycles. The number of para-hydroxylation sites is 2. The molecule has 1 aliphatic carbocycles. The molecule has 7 heteroatoms. The summed E-state index contributed by atoms with van der Waals surface area (Å²) in [7, 11) is 3.64. The van der Waals surface area contributed by atoms with Crippen LogP contribution in [0, 0.1) is 11.7 Å². The molecule has 3 aromatic rings. The van der Waals surface area contributed by atoms with Gasteiger partial charge >= 0.3 is 5.97 Å². The number of carbonyl (C=O) groups is 1. The van der Waals surface area contributed by atoms with Crippen molar-refractivity contribution in [3.63, 3.8) is 0 Å². The van der Waals surface area contributed by atoms with Crippen molar-refractivity contribution < 1.29 is 18.7 Å². The number of methoxy groups -OCH3 is 1. The second-order valence-electron chi connectivity index (χ2n) is 11.7. The molecule has 0 aliphatic heterocycles. The average Bonchev–Trinajstić information content (AvgIpc) is 3.26. The first-order valence-electron chi connectivity index (χ1n) is 14.3. The first-order valence-corrected chi connectivity index (χ1v) is 14.3. The van der Waals surface area contributed by atoms with Crippen LogP contribution >= 0.6 is 0 Å². The molecule has 0 fully saturated rings. The van der Waals surface area contributed by atoms with E-state index in [4.69, 9.17) is 14.5 Å². The Morgan fingerprint density at radius 1 is 1.18 bits per heavy atom. The highest BCUT2D eigenvalue weighted by Crippen LogP contribution is 2.48. The van der Waals surface area contributed by atoms with Gasteiger partial charge in [-0.05, 0) is 88.0 Å². The van der Waals surface area contributed by atoms with Gasteiger partial charge in [-0.3, -0.25) is 0 Å². The summed E-state index contributed by atoms with van der Waals surface area (Å²) >= 11 is 0. The number of carbonyl (C=O) groups excluding carboxylic acids is 1. The van der Waals surface area contributed by atoms with E-state index in [2.05, 4.69) is 62.4 Å². The Balaban J connectivity index is 1.47. The van der Waals surface area contributed by atoms with Crippen LogP contribution in [0.25, 0.3) is 11.0 Å². The fourth-order valence-electron chi connectivity index (χ4n) is 6.51. The number of aromatic nitrogens is 2. The molecule has 0 bridgehead atoms. The number of rotatable bonds is 12. The third-order valence-electron chi connectivity index (χ3n) is 8.11. The van der Waals surface area contributed by atoms with Crippen LogP contribution in [-0.4, -0.2) is 59.9 Å². The quantitative estimate of drug-likeness (QED) is 0.253. The van der Waals surface area contributed by atoms with Gasteiger partial charge in [0.25, 0.3) is 0 Å². The molecule has 0 radical (unpaired) electrons. The van der Waals surface area contributed by atoms with E-state index in [0.717, 1.165) is 48.4 Å². The summed E-state index contributed by atoms with van der Waals surface area (Å²) in [6, 6.07) is 13.7. The SMILES string of the molecule is COCC(=O)O[C@]1(CCN(C)CCCc2nc3ccccc3n2C(C)C)CCc2cc(F)ccc2[C@@H]1C(C)C. The lowest BCUT2D eigenvalue weighted by atomic mass is 9.65. The summed E-state index contributed by atoms with van der Waals surface area (Å²) in [4.78, 5) is 20.0. The van der Waals surface area contributed by atoms with Crippen LogP contribution in [0.1, 0.15) is 75.9 Å². The molecule has 0 unspecified atom stereocenters. The number of fused-ring (bicyclic) bond motifs is 2. The molecular formula is C32H44FN3O3. The van der Waals surface area contributed by atoms with Crippen molar-refractivity contribution in [3.8, 4) is 0 Å². The second kappa shape index (κ2) is 12.6. The van der Waals surface area contributed by atoms with Crippen LogP contribution in [0.2, 0.25) is 0 Å². The molecule has 212 valence electrons. The number of hydrogen-bond donors (Lipinski definition) is 0. The van der Waals surface area contributed by atoms with Gasteiger partial charge in [-0.15, -0.1) is 0 Å². The summed E-state index contributed by atoms with van der Waals surface area (Å²) < 4.78 is 27.8. The van der Waals surface area contributed by atoms with Gasteiger partial charge in [-0.1, -0.05) is 32.0 Å². The number of esters is 1. The van der Waals surface area contributed by atoms with Gasteiger partial charge in [0, 0.05) is 38.5 Å². The van der Waals surface area contributed by atoms with Crippen molar-refractivity contribution in [2.75, 3.05) is 33.9 Å². The maximum Gasteiger partial charge on any atom is 0.332 e. The molecule has 1 aromatic heterocycles. The molecule has 39 heavy (non-hydrogen) atoms. The Bertz CT molecular complexity index is 1270. The zero-order valence-electron chi connectivity index (χ0n) is 24.4. The largest absolute Gasteiger partial charge is 0.457 e. The lowest BCUT2D eigenvalue weighted by Crippen LogP contribution is -2.49. The van der Waals surface area contributed by atoms with Gasteiger partial charge in [-0.25, -0.2) is 14.2 Å². The van der Waals surface area contributed by atoms with Crippen molar-refractivity contribution in [1.29, 1.82) is 0 Å². The Hall–Kier alpha value is -2.77. The molecule has 0 spiro atoms. The Morgan fingerprint density at radius 3 is 2.67 bits per heavy atom. The lowest BCUT2D eigenvalue weighted by molar-refractivity contribution is -0.172. The Kier molecular flexibility index (Phi) is 9.44. The summed E-state index contributed by atoms with van der Waals surface area (Å²) in [5.74, 6) is 0.775. The number of benzene rings is 2. The molecule has 0 N–H and O–H groups in total. The van der Waals surface area contributed by atoms with Crippen molar-refractivity contribution in [1.82, 2.24) is 14.5 Å². The number of ether oxygens (including phenoxy) is 2. The highest BCUT2D eigenvalue weighted by molar-refractivity contribution is 5.76. The predicted octanol–water partition coefficient (Wildman–Crippen LogP) is 6.33. The molecule has 1 heterocycles. The van der Waals surface area contributed by atoms with E-state index in [1.807, 2.05) is 12.1 Å². The Labute approximate surface area is 232 Å². The zero-order chi connectivity index (χ0) is 28.2. The number of hydrogen-bond acceptors (Lipinski definition) is 5. The highest BCUT2D eigenvalue weighted by atomic mass is 19.1. The number of nitrogens with zero attached hydrogens (tertiary/aromatic N) is 3. The van der Waals surface area contributed by atoms with Gasteiger partial charge in [-0.2, -0.15) is 0 Å². The molecule has 2 atom stereocenters. The van der Waals surface area contributed by atoms with E-state index < -0.39 is 5.60 Å². The zero-order valence-corrected chi connectivity index (χ0v) is 24.4. The summed E-state index contributed by atoms with van der Waals surface area (Å²) in [5, 5.41) is 0. The molecular weight excluding hydrogens is 493 g/mol. The normalized spacial score (nSPS) is 19.3. The van der Waals surface area contributed by atoms with E-state index in [0.29, 0.717) is 25.3 Å². The molecule has 2 aromatic carbocycles. The van der Waals surface area contributed by atoms with Crippen molar-refractivity contribution in [2.45, 2.75) is 77.4 Å². The minimum atomic E-state index is -0.658. The Morgan fingerprint density at radius 2 is 1.95 bits per heavy atom. The van der Waals surface area contributed by atoms with Gasteiger partial charge in [0.1, 0.15) is 23.8 Å². The monoisotopic (exact) mass is 537 g/mol. The fraction of sp³-hybridized carbons (Fsp3) is 0.562. The number of halogens is 1. The van der Waals surface area contributed by atoms with Gasteiger partial charge in [0.2, 0.25) is 0 Å². The topological polar surface area (TPSA) is 56.6 Å². The predicted molar refractivity (Wildman–Crippen MR) is 154 cm³/mol. The van der Waals surface area contributed by atoms with Gasteiger partial charge < -0.3 is 18.9 Å². The standard InChI is InChI=1S/C32H44FN3O3/c1-22(2)31-26-14-13-25(33)20-24(26)15-16-32(31,39-30(37)21-38-6)17-19-35(5)18-9-12-29-34-27-10-7-8-11-28(27)36(29)23(3)4/h7-8,10-11,13-14,20,22-23,31H,9,12,15-19,21H2,1-6H3/t31-,32-/m0/s1. The van der Waals surface area contributed by atoms with E-state index in [1.165, 1.54) is 18.7 Å². The summed E-state index contributed by atoms with van der Waals surface area (Å²) in [6.45, 7) is 10.4. The average molecular weight is 538 g/mol.